The van der Waals surface area contributed by atoms with Crippen molar-refractivity contribution >= 4 is 15.7 Å². The van der Waals surface area contributed by atoms with Crippen LogP contribution in [0.1, 0.15) is 6.92 Å². The van der Waals surface area contributed by atoms with Crippen LogP contribution in [0.3, 0.4) is 0 Å². The second kappa shape index (κ2) is 4.59. The molecule has 0 aliphatic carbocycles. The van der Waals surface area contributed by atoms with E-state index in [1.807, 2.05) is 6.92 Å². The Labute approximate surface area is 90.2 Å². The van der Waals surface area contributed by atoms with Crippen molar-refractivity contribution in [1.29, 1.82) is 0 Å². The highest BCUT2D eigenvalue weighted by Gasteiger charge is 2.17. The molecule has 0 aliphatic rings. The summed E-state index contributed by atoms with van der Waals surface area (Å²) in [5, 5.41) is 3.01. The number of hydrogen-bond acceptors (Lipinski definition) is 4. The first-order valence-corrected chi connectivity index (χ1v) is 6.04. The molecule has 1 rings (SSSR count). The maximum atomic E-state index is 11.7. The summed E-state index contributed by atoms with van der Waals surface area (Å²) in [7, 11) is -0.396. The quantitative estimate of drug-likeness (QED) is 0.828. The van der Waals surface area contributed by atoms with Crippen LogP contribution >= 0.6 is 0 Å². The van der Waals surface area contributed by atoms with Crippen molar-refractivity contribution in [3.63, 3.8) is 0 Å². The summed E-state index contributed by atoms with van der Waals surface area (Å²) in [6.45, 7) is 2.67. The standard InChI is InChI=1S/C9H15N3O2S/c1-4-11-8-5-9(7-10-6-8)15(13,14)12(2)3/h5-7,11H,4H2,1-3H3. The second-order valence-corrected chi connectivity index (χ2v) is 5.38. The molecule has 0 unspecified atom stereocenters. The van der Waals surface area contributed by atoms with Crippen LogP contribution in [0.5, 0.6) is 0 Å². The van der Waals surface area contributed by atoms with Crippen molar-refractivity contribution in [1.82, 2.24) is 9.29 Å². The first-order valence-electron chi connectivity index (χ1n) is 4.60. The SMILES string of the molecule is CCNc1cncc(S(=O)(=O)N(C)C)c1. The highest BCUT2D eigenvalue weighted by molar-refractivity contribution is 7.89. The highest BCUT2D eigenvalue weighted by atomic mass is 32.2. The predicted octanol–water partition coefficient (Wildman–Crippen LogP) is 0.764. The molecular formula is C9H15N3O2S. The number of sulfonamides is 1. The first-order chi connectivity index (χ1) is 6.98. The zero-order valence-corrected chi connectivity index (χ0v) is 9.87. The number of nitrogens with one attached hydrogen (secondary N) is 1. The number of rotatable bonds is 4. The molecule has 0 atom stereocenters. The molecule has 1 aromatic rings. The molecule has 0 spiro atoms. The molecule has 5 nitrogen and oxygen atoms in total. The van der Waals surface area contributed by atoms with Crippen molar-refractivity contribution in [3.05, 3.63) is 18.5 Å². The van der Waals surface area contributed by atoms with Gasteiger partial charge in [0.15, 0.2) is 0 Å². The monoisotopic (exact) mass is 229 g/mol. The molecule has 0 amide bonds. The van der Waals surface area contributed by atoms with E-state index < -0.39 is 10.0 Å². The molecule has 0 fully saturated rings. The number of anilines is 1. The lowest BCUT2D eigenvalue weighted by Crippen LogP contribution is -2.22. The summed E-state index contributed by atoms with van der Waals surface area (Å²) in [5.74, 6) is 0. The Kier molecular flexibility index (Phi) is 3.65. The minimum absolute atomic E-state index is 0.200. The molecule has 0 bridgehead atoms. The van der Waals surface area contributed by atoms with E-state index in [1.165, 1.54) is 24.6 Å². The molecule has 15 heavy (non-hydrogen) atoms. The van der Waals surface area contributed by atoms with E-state index in [4.69, 9.17) is 0 Å². The van der Waals surface area contributed by atoms with Gasteiger partial charge in [0.25, 0.3) is 0 Å². The zero-order chi connectivity index (χ0) is 11.5. The maximum Gasteiger partial charge on any atom is 0.244 e. The molecular weight excluding hydrogens is 214 g/mol. The summed E-state index contributed by atoms with van der Waals surface area (Å²) < 4.78 is 24.7. The summed E-state index contributed by atoms with van der Waals surface area (Å²) in [6, 6.07) is 1.58. The van der Waals surface area contributed by atoms with Gasteiger partial charge in [-0.1, -0.05) is 0 Å². The van der Waals surface area contributed by atoms with E-state index in [0.717, 1.165) is 6.54 Å². The first kappa shape index (κ1) is 11.9. The fourth-order valence-electron chi connectivity index (χ4n) is 1.07. The van der Waals surface area contributed by atoms with Gasteiger partial charge in [-0.3, -0.25) is 4.98 Å². The van der Waals surface area contributed by atoms with E-state index in [9.17, 15) is 8.42 Å². The third-order valence-electron chi connectivity index (χ3n) is 1.87. The molecule has 0 saturated heterocycles. The Morgan fingerprint density at radius 1 is 1.40 bits per heavy atom. The van der Waals surface area contributed by atoms with Crippen LogP contribution in [-0.4, -0.2) is 38.3 Å². The van der Waals surface area contributed by atoms with Crippen molar-refractivity contribution in [2.75, 3.05) is 26.0 Å². The number of nitrogens with zero attached hydrogens (tertiary/aromatic N) is 2. The lowest BCUT2D eigenvalue weighted by molar-refractivity contribution is 0.520. The summed E-state index contributed by atoms with van der Waals surface area (Å²) in [5.41, 5.74) is 0.709. The molecule has 84 valence electrons. The van der Waals surface area contributed by atoms with E-state index in [2.05, 4.69) is 10.3 Å². The van der Waals surface area contributed by atoms with E-state index in [0.29, 0.717) is 5.69 Å². The normalized spacial score (nSPS) is 11.7. The van der Waals surface area contributed by atoms with Gasteiger partial charge in [-0.2, -0.15) is 0 Å². The summed E-state index contributed by atoms with van der Waals surface area (Å²) >= 11 is 0. The number of pyridine rings is 1. The van der Waals surface area contributed by atoms with Gasteiger partial charge < -0.3 is 5.32 Å². The second-order valence-electron chi connectivity index (χ2n) is 3.23. The summed E-state index contributed by atoms with van der Waals surface area (Å²) in [4.78, 5) is 4.08. The van der Waals surface area contributed by atoms with Gasteiger partial charge in [0.05, 0.1) is 11.9 Å². The predicted molar refractivity (Wildman–Crippen MR) is 59.3 cm³/mol. The van der Waals surface area contributed by atoms with Gasteiger partial charge in [0.1, 0.15) is 4.90 Å². The Morgan fingerprint density at radius 3 is 2.60 bits per heavy atom. The summed E-state index contributed by atoms with van der Waals surface area (Å²) in [6.07, 6.45) is 2.94. The fraction of sp³-hybridized carbons (Fsp3) is 0.444. The van der Waals surface area contributed by atoms with Crippen LogP contribution in [-0.2, 0) is 10.0 Å². The van der Waals surface area contributed by atoms with Gasteiger partial charge in [-0.05, 0) is 13.0 Å². The third-order valence-corrected chi connectivity index (χ3v) is 3.65. The molecule has 0 saturated carbocycles. The molecule has 0 aliphatic heterocycles. The number of aromatic nitrogens is 1. The minimum Gasteiger partial charge on any atom is -0.384 e. The van der Waals surface area contributed by atoms with Crippen molar-refractivity contribution < 1.29 is 8.42 Å². The van der Waals surface area contributed by atoms with E-state index in [-0.39, 0.29) is 4.90 Å². The molecule has 0 radical (unpaired) electrons. The fourth-order valence-corrected chi connectivity index (χ4v) is 1.96. The molecule has 1 heterocycles. The van der Waals surface area contributed by atoms with Crippen LogP contribution in [0.2, 0.25) is 0 Å². The largest absolute Gasteiger partial charge is 0.384 e. The lowest BCUT2D eigenvalue weighted by atomic mass is 10.4. The molecule has 0 aromatic carbocycles. The maximum absolute atomic E-state index is 11.7. The molecule has 1 aromatic heterocycles. The third kappa shape index (κ3) is 2.66. The lowest BCUT2D eigenvalue weighted by Gasteiger charge is -2.11. The van der Waals surface area contributed by atoms with E-state index in [1.54, 1.807) is 12.3 Å². The molecule has 1 N–H and O–H groups in total. The number of hydrogen-bond donors (Lipinski definition) is 1. The van der Waals surface area contributed by atoms with Gasteiger partial charge in [-0.25, -0.2) is 12.7 Å². The molecule has 6 heteroatoms. The zero-order valence-electron chi connectivity index (χ0n) is 9.06. The Morgan fingerprint density at radius 2 is 2.07 bits per heavy atom. The van der Waals surface area contributed by atoms with Crippen LogP contribution < -0.4 is 5.32 Å². The van der Waals surface area contributed by atoms with Gasteiger partial charge in [-0.15, -0.1) is 0 Å². The smallest absolute Gasteiger partial charge is 0.244 e. The van der Waals surface area contributed by atoms with Crippen molar-refractivity contribution in [2.24, 2.45) is 0 Å². The van der Waals surface area contributed by atoms with Crippen LogP contribution in [0, 0.1) is 0 Å². The van der Waals surface area contributed by atoms with Gasteiger partial charge in [0.2, 0.25) is 10.0 Å². The van der Waals surface area contributed by atoms with Crippen LogP contribution in [0.25, 0.3) is 0 Å². The van der Waals surface area contributed by atoms with E-state index >= 15 is 0 Å². The highest BCUT2D eigenvalue weighted by Crippen LogP contribution is 2.15. The Bertz CT molecular complexity index is 429. The van der Waals surface area contributed by atoms with Gasteiger partial charge >= 0.3 is 0 Å². The Balaban J connectivity index is 3.11. The van der Waals surface area contributed by atoms with Crippen LogP contribution in [0.15, 0.2) is 23.4 Å². The minimum atomic E-state index is -3.39. The topological polar surface area (TPSA) is 62.3 Å². The Hall–Kier alpha value is -1.14. The van der Waals surface area contributed by atoms with Crippen molar-refractivity contribution in [3.8, 4) is 0 Å². The van der Waals surface area contributed by atoms with Crippen LogP contribution in [0.4, 0.5) is 5.69 Å². The van der Waals surface area contributed by atoms with Crippen molar-refractivity contribution in [2.45, 2.75) is 11.8 Å². The van der Waals surface area contributed by atoms with Gasteiger partial charge in [0, 0.05) is 26.8 Å². The average Bonchev–Trinajstić information content (AvgIpc) is 2.18. The average molecular weight is 229 g/mol.